The Labute approximate surface area is 228 Å². The van der Waals surface area contributed by atoms with Crippen LogP contribution in [0.3, 0.4) is 0 Å². The van der Waals surface area contributed by atoms with Crippen LogP contribution in [0.5, 0.6) is 23.0 Å². The zero-order valence-corrected chi connectivity index (χ0v) is 23.3. The van der Waals surface area contributed by atoms with E-state index in [4.69, 9.17) is 23.9 Å². The van der Waals surface area contributed by atoms with Crippen molar-refractivity contribution in [2.24, 2.45) is 0 Å². The molecule has 0 N–H and O–H groups in total. The van der Waals surface area contributed by atoms with E-state index in [2.05, 4.69) is 5.10 Å². The number of amides is 1. The lowest BCUT2D eigenvalue weighted by atomic mass is 10.0. The Bertz CT molecular complexity index is 1540. The van der Waals surface area contributed by atoms with Crippen LogP contribution in [0.1, 0.15) is 28.9 Å². The summed E-state index contributed by atoms with van der Waals surface area (Å²) >= 11 is 0. The number of carbonyl (C=O) groups excluding carboxylic acids is 1. The molecule has 1 aliphatic rings. The van der Waals surface area contributed by atoms with Gasteiger partial charge in [0.1, 0.15) is 23.6 Å². The summed E-state index contributed by atoms with van der Waals surface area (Å²) in [5.74, 6) is 2.68. The van der Waals surface area contributed by atoms with E-state index in [0.717, 1.165) is 44.7 Å². The molecule has 5 rings (SSSR count). The fourth-order valence-electron chi connectivity index (χ4n) is 5.11. The van der Waals surface area contributed by atoms with E-state index >= 15 is 0 Å². The van der Waals surface area contributed by atoms with Gasteiger partial charge in [-0.2, -0.15) is 5.10 Å². The predicted molar refractivity (Wildman–Crippen MR) is 149 cm³/mol. The van der Waals surface area contributed by atoms with Crippen molar-refractivity contribution in [1.29, 1.82) is 0 Å². The second-order valence-electron chi connectivity index (χ2n) is 9.78. The zero-order chi connectivity index (χ0) is 27.7. The summed E-state index contributed by atoms with van der Waals surface area (Å²) in [7, 11) is 4.88. The van der Waals surface area contributed by atoms with Gasteiger partial charge in [0.25, 0.3) is 0 Å². The maximum Gasteiger partial charge on any atom is 0.224 e. The third-order valence-corrected chi connectivity index (χ3v) is 7.12. The number of ether oxygens (including phenoxy) is 4. The molecule has 0 radical (unpaired) electrons. The smallest absolute Gasteiger partial charge is 0.224 e. The number of carbonyl (C=O) groups is 1. The van der Waals surface area contributed by atoms with Gasteiger partial charge in [0, 0.05) is 47.8 Å². The predicted octanol–water partition coefficient (Wildman–Crippen LogP) is 4.86. The minimum Gasteiger partial charge on any atom is -0.497 e. The van der Waals surface area contributed by atoms with Crippen molar-refractivity contribution in [2.75, 3.05) is 34.5 Å². The molecule has 204 valence electrons. The van der Waals surface area contributed by atoms with Crippen molar-refractivity contribution < 1.29 is 23.7 Å². The Balaban J connectivity index is 1.48. The minimum atomic E-state index is 0.0572. The molecule has 9 nitrogen and oxygen atoms in total. The second kappa shape index (κ2) is 10.8. The topological polar surface area (TPSA) is 87.9 Å². The Hall–Kier alpha value is -4.27. The summed E-state index contributed by atoms with van der Waals surface area (Å²) in [6.07, 6.45) is 0.364. The van der Waals surface area contributed by atoms with E-state index < -0.39 is 0 Å². The van der Waals surface area contributed by atoms with Gasteiger partial charge in [-0.1, -0.05) is 0 Å². The number of hydrogen-bond donors (Lipinski definition) is 0. The van der Waals surface area contributed by atoms with Gasteiger partial charge in [0.15, 0.2) is 11.5 Å². The van der Waals surface area contributed by atoms with Crippen molar-refractivity contribution in [3.8, 4) is 34.3 Å². The maximum atomic E-state index is 13.2. The molecule has 0 aliphatic carbocycles. The van der Waals surface area contributed by atoms with Crippen LogP contribution in [0.4, 0.5) is 0 Å². The van der Waals surface area contributed by atoms with E-state index in [1.54, 1.807) is 21.3 Å². The molecule has 4 aromatic rings. The number of nitrogens with zero attached hydrogens (tertiary/aromatic N) is 4. The number of fused-ring (bicyclic) bond motifs is 2. The molecule has 0 saturated carbocycles. The van der Waals surface area contributed by atoms with E-state index in [-0.39, 0.29) is 5.91 Å². The van der Waals surface area contributed by atoms with Crippen molar-refractivity contribution >= 4 is 16.8 Å². The first-order valence-electron chi connectivity index (χ1n) is 13.0. The highest BCUT2D eigenvalue weighted by atomic mass is 16.5. The van der Waals surface area contributed by atoms with Crippen LogP contribution >= 0.6 is 0 Å². The third-order valence-electron chi connectivity index (χ3n) is 7.12. The van der Waals surface area contributed by atoms with E-state index in [9.17, 15) is 4.79 Å². The lowest BCUT2D eigenvalue weighted by Gasteiger charge is -2.20. The molecule has 2 aromatic heterocycles. The molecule has 1 aliphatic heterocycles. The first-order chi connectivity index (χ1) is 18.8. The second-order valence-corrected chi connectivity index (χ2v) is 9.78. The summed E-state index contributed by atoms with van der Waals surface area (Å²) in [6.45, 7) is 7.85. The fraction of sp³-hybridized carbons (Fsp3) is 0.367. The summed E-state index contributed by atoms with van der Waals surface area (Å²) < 4.78 is 24.8. The number of hydrogen-bond acceptors (Lipinski definition) is 7. The highest BCUT2D eigenvalue weighted by molar-refractivity contribution is 5.91. The number of aromatic nitrogens is 3. The highest BCUT2D eigenvalue weighted by Crippen LogP contribution is 2.40. The van der Waals surface area contributed by atoms with Crippen molar-refractivity contribution in [1.82, 2.24) is 19.7 Å². The molecule has 9 heteroatoms. The van der Waals surface area contributed by atoms with Crippen LogP contribution < -0.4 is 18.9 Å². The van der Waals surface area contributed by atoms with Crippen LogP contribution in [0.2, 0.25) is 0 Å². The van der Waals surface area contributed by atoms with Crippen LogP contribution in [0.15, 0.2) is 36.4 Å². The van der Waals surface area contributed by atoms with E-state index in [0.29, 0.717) is 55.7 Å². The molecule has 0 spiro atoms. The summed E-state index contributed by atoms with van der Waals surface area (Å²) in [4.78, 5) is 20.0. The van der Waals surface area contributed by atoms with Gasteiger partial charge >= 0.3 is 0 Å². The molecule has 2 aromatic carbocycles. The van der Waals surface area contributed by atoms with E-state index in [1.165, 1.54) is 0 Å². The first kappa shape index (κ1) is 26.3. The molecule has 0 bridgehead atoms. The SMILES string of the molecule is COc1cc(OC)c2nc(-c3cc4c(c(OC)c3)OCCN(C(=O)CCn3nc(C)cc3C)C4)cc(C)c2c1. The molecule has 3 heterocycles. The van der Waals surface area contributed by atoms with Gasteiger partial charge in [-0.25, -0.2) is 4.98 Å². The molecular weight excluding hydrogens is 496 g/mol. The monoisotopic (exact) mass is 530 g/mol. The fourth-order valence-corrected chi connectivity index (χ4v) is 5.11. The number of aryl methyl sites for hydroxylation is 4. The van der Waals surface area contributed by atoms with Crippen molar-refractivity contribution in [3.63, 3.8) is 0 Å². The third kappa shape index (κ3) is 5.21. The summed E-state index contributed by atoms with van der Waals surface area (Å²) in [6, 6.07) is 11.8. The Morgan fingerprint density at radius 1 is 0.974 bits per heavy atom. The van der Waals surface area contributed by atoms with Gasteiger partial charge in [0.05, 0.1) is 39.3 Å². The molecule has 39 heavy (non-hydrogen) atoms. The normalized spacial score (nSPS) is 13.0. The quantitative estimate of drug-likeness (QED) is 0.337. The average Bonchev–Trinajstić information content (AvgIpc) is 3.12. The average molecular weight is 531 g/mol. The lowest BCUT2D eigenvalue weighted by molar-refractivity contribution is -0.132. The standard InChI is InChI=1S/C30H34N4O5/c1-18-11-25(31-29-24(18)15-23(36-4)16-26(29)37-5)21-13-22-17-33(9-10-39-30(22)27(14-21)38-6)28(35)7-8-34-20(3)12-19(2)32-34/h11-16H,7-10,17H2,1-6H3. The molecule has 1 amide bonds. The van der Waals surface area contributed by atoms with Gasteiger partial charge in [-0.15, -0.1) is 0 Å². The van der Waals surface area contributed by atoms with Crippen molar-refractivity contribution in [3.05, 3.63) is 58.9 Å². The van der Waals surface area contributed by atoms with E-state index in [1.807, 2.05) is 66.8 Å². The minimum absolute atomic E-state index is 0.0572. The van der Waals surface area contributed by atoms with Gasteiger partial charge in [0.2, 0.25) is 5.91 Å². The Morgan fingerprint density at radius 2 is 1.77 bits per heavy atom. The summed E-state index contributed by atoms with van der Waals surface area (Å²) in [5, 5.41) is 5.44. The van der Waals surface area contributed by atoms with Crippen LogP contribution in [-0.2, 0) is 17.9 Å². The first-order valence-corrected chi connectivity index (χ1v) is 13.0. The maximum absolute atomic E-state index is 13.2. The van der Waals surface area contributed by atoms with Gasteiger partial charge < -0.3 is 23.8 Å². The zero-order valence-electron chi connectivity index (χ0n) is 23.3. The molecule has 0 atom stereocenters. The van der Waals surface area contributed by atoms with Crippen LogP contribution in [0, 0.1) is 20.8 Å². The number of benzene rings is 2. The van der Waals surface area contributed by atoms with Gasteiger partial charge in [-0.3, -0.25) is 9.48 Å². The molecule has 0 saturated heterocycles. The highest BCUT2D eigenvalue weighted by Gasteiger charge is 2.24. The number of methoxy groups -OCH3 is 3. The molecule has 0 unspecified atom stereocenters. The largest absolute Gasteiger partial charge is 0.497 e. The van der Waals surface area contributed by atoms with Crippen LogP contribution in [-0.4, -0.2) is 60.1 Å². The Kier molecular flexibility index (Phi) is 7.32. The van der Waals surface area contributed by atoms with Gasteiger partial charge in [-0.05, 0) is 56.7 Å². The molecular formula is C30H34N4O5. The summed E-state index contributed by atoms with van der Waals surface area (Å²) in [5.41, 5.74) is 6.31. The Morgan fingerprint density at radius 3 is 2.46 bits per heavy atom. The van der Waals surface area contributed by atoms with Crippen molar-refractivity contribution in [2.45, 2.75) is 40.3 Å². The number of rotatable bonds is 7. The van der Waals surface area contributed by atoms with Crippen LogP contribution in [0.25, 0.3) is 22.2 Å². The molecule has 0 fully saturated rings. The lowest BCUT2D eigenvalue weighted by Crippen LogP contribution is -2.33. The number of pyridine rings is 1.